The van der Waals surface area contributed by atoms with Gasteiger partial charge in [-0.3, -0.25) is 4.90 Å². The van der Waals surface area contributed by atoms with E-state index in [0.29, 0.717) is 0 Å². The number of halogens is 1. The average Bonchev–Trinajstić information content (AvgIpc) is 3.05. The van der Waals surface area contributed by atoms with Crippen molar-refractivity contribution < 1.29 is 4.74 Å². The lowest BCUT2D eigenvalue weighted by Crippen LogP contribution is -2.36. The summed E-state index contributed by atoms with van der Waals surface area (Å²) in [7, 11) is 0. The summed E-state index contributed by atoms with van der Waals surface area (Å²) in [6.07, 6.45) is 0. The van der Waals surface area contributed by atoms with Gasteiger partial charge < -0.3 is 10.1 Å². The number of morpholine rings is 1. The summed E-state index contributed by atoms with van der Waals surface area (Å²) in [5.74, 6) is 1.72. The number of anilines is 2. The van der Waals surface area contributed by atoms with E-state index < -0.39 is 0 Å². The highest BCUT2D eigenvalue weighted by atomic mass is 79.9. The Kier molecular flexibility index (Phi) is 4.75. The lowest BCUT2D eigenvalue weighted by molar-refractivity contribution is 0.0331. The van der Waals surface area contributed by atoms with E-state index in [2.05, 4.69) is 37.6 Å². The van der Waals surface area contributed by atoms with Crippen LogP contribution in [0, 0.1) is 0 Å². The third-order valence-corrected chi connectivity index (χ3v) is 5.31. The predicted molar refractivity (Wildman–Crippen MR) is 101 cm³/mol. The Balaban J connectivity index is 1.64. The number of fused-ring (bicyclic) bond motifs is 1. The molecule has 124 valence electrons. The van der Waals surface area contributed by atoms with Crippen molar-refractivity contribution in [1.29, 1.82) is 0 Å². The topological polar surface area (TPSA) is 50.3 Å². The van der Waals surface area contributed by atoms with Gasteiger partial charge in [-0.1, -0.05) is 22.0 Å². The number of aromatic nitrogens is 2. The molecule has 3 aromatic rings. The molecular formula is C17H17BrN4OS. The zero-order valence-electron chi connectivity index (χ0n) is 13.0. The van der Waals surface area contributed by atoms with Crippen molar-refractivity contribution in [3.05, 3.63) is 46.0 Å². The molecule has 0 amide bonds. The van der Waals surface area contributed by atoms with Gasteiger partial charge in [-0.25, -0.2) is 9.97 Å². The van der Waals surface area contributed by atoms with Gasteiger partial charge in [-0.2, -0.15) is 0 Å². The Labute approximate surface area is 152 Å². The van der Waals surface area contributed by atoms with Crippen LogP contribution in [0.2, 0.25) is 0 Å². The second-order valence-electron chi connectivity index (χ2n) is 5.65. The summed E-state index contributed by atoms with van der Waals surface area (Å²) in [5.41, 5.74) is 2.01. The van der Waals surface area contributed by atoms with Crippen LogP contribution in [0.1, 0.15) is 5.82 Å². The maximum absolute atomic E-state index is 5.41. The average molecular weight is 405 g/mol. The first-order valence-corrected chi connectivity index (χ1v) is 9.52. The summed E-state index contributed by atoms with van der Waals surface area (Å²) in [6.45, 7) is 4.18. The first kappa shape index (κ1) is 16.0. The number of benzene rings is 1. The molecule has 4 rings (SSSR count). The number of ether oxygens (including phenoxy) is 1. The second-order valence-corrected chi connectivity index (χ2v) is 7.48. The molecule has 0 unspecified atom stereocenters. The summed E-state index contributed by atoms with van der Waals surface area (Å²) in [4.78, 5) is 11.8. The van der Waals surface area contributed by atoms with Crippen LogP contribution in [-0.4, -0.2) is 41.2 Å². The van der Waals surface area contributed by atoms with Crippen molar-refractivity contribution in [2.45, 2.75) is 6.54 Å². The highest BCUT2D eigenvalue weighted by molar-refractivity contribution is 9.10. The van der Waals surface area contributed by atoms with Crippen molar-refractivity contribution in [2.24, 2.45) is 0 Å². The van der Waals surface area contributed by atoms with E-state index in [-0.39, 0.29) is 0 Å². The van der Waals surface area contributed by atoms with Crippen LogP contribution in [0.4, 0.5) is 11.5 Å². The Morgan fingerprint density at radius 1 is 1.21 bits per heavy atom. The number of hydrogen-bond acceptors (Lipinski definition) is 6. The van der Waals surface area contributed by atoms with Gasteiger partial charge in [0, 0.05) is 23.2 Å². The van der Waals surface area contributed by atoms with E-state index in [1.54, 1.807) is 11.3 Å². The fourth-order valence-corrected chi connectivity index (χ4v) is 3.90. The SMILES string of the molecule is Brc1cccc(Nc2nc(CN3CCOCC3)nc3ccsc23)c1. The van der Waals surface area contributed by atoms with Gasteiger partial charge in [-0.15, -0.1) is 11.3 Å². The first-order valence-electron chi connectivity index (χ1n) is 7.85. The normalized spacial score (nSPS) is 15.7. The quantitative estimate of drug-likeness (QED) is 0.711. The van der Waals surface area contributed by atoms with Crippen molar-refractivity contribution in [3.8, 4) is 0 Å². The van der Waals surface area contributed by atoms with Crippen LogP contribution in [0.25, 0.3) is 10.2 Å². The molecule has 0 spiro atoms. The Bertz CT molecular complexity index is 847. The van der Waals surface area contributed by atoms with Crippen molar-refractivity contribution in [2.75, 3.05) is 31.6 Å². The summed E-state index contributed by atoms with van der Waals surface area (Å²) >= 11 is 5.17. The summed E-state index contributed by atoms with van der Waals surface area (Å²) < 4.78 is 7.53. The van der Waals surface area contributed by atoms with E-state index in [9.17, 15) is 0 Å². The molecular weight excluding hydrogens is 388 g/mol. The molecule has 1 fully saturated rings. The van der Waals surface area contributed by atoms with E-state index in [0.717, 1.165) is 64.9 Å². The molecule has 0 atom stereocenters. The molecule has 1 N–H and O–H groups in total. The van der Waals surface area contributed by atoms with Crippen molar-refractivity contribution >= 4 is 49.0 Å². The lowest BCUT2D eigenvalue weighted by atomic mass is 10.3. The molecule has 1 aliphatic heterocycles. The van der Waals surface area contributed by atoms with Gasteiger partial charge >= 0.3 is 0 Å². The van der Waals surface area contributed by atoms with Gasteiger partial charge in [-0.05, 0) is 29.6 Å². The van der Waals surface area contributed by atoms with Gasteiger partial charge in [0.25, 0.3) is 0 Å². The minimum absolute atomic E-state index is 0.752. The zero-order valence-corrected chi connectivity index (χ0v) is 15.4. The first-order chi connectivity index (χ1) is 11.8. The predicted octanol–water partition coefficient (Wildman–Crippen LogP) is 4.03. The molecule has 24 heavy (non-hydrogen) atoms. The summed E-state index contributed by atoms with van der Waals surface area (Å²) in [6, 6.07) is 10.2. The minimum Gasteiger partial charge on any atom is -0.379 e. The van der Waals surface area contributed by atoms with Crippen LogP contribution in [0.5, 0.6) is 0 Å². The highest BCUT2D eigenvalue weighted by Crippen LogP contribution is 2.29. The fraction of sp³-hybridized carbons (Fsp3) is 0.294. The maximum atomic E-state index is 5.41. The second kappa shape index (κ2) is 7.14. The minimum atomic E-state index is 0.752. The number of hydrogen-bond donors (Lipinski definition) is 1. The molecule has 1 saturated heterocycles. The van der Waals surface area contributed by atoms with E-state index in [1.807, 2.05) is 24.3 Å². The third kappa shape index (κ3) is 3.59. The van der Waals surface area contributed by atoms with Crippen molar-refractivity contribution in [3.63, 3.8) is 0 Å². The van der Waals surface area contributed by atoms with E-state index >= 15 is 0 Å². The highest BCUT2D eigenvalue weighted by Gasteiger charge is 2.15. The Morgan fingerprint density at radius 2 is 2.08 bits per heavy atom. The van der Waals surface area contributed by atoms with Crippen LogP contribution < -0.4 is 5.32 Å². The smallest absolute Gasteiger partial charge is 0.152 e. The van der Waals surface area contributed by atoms with Crippen molar-refractivity contribution in [1.82, 2.24) is 14.9 Å². The molecule has 7 heteroatoms. The molecule has 1 aromatic carbocycles. The van der Waals surface area contributed by atoms with Crippen LogP contribution in [0.15, 0.2) is 40.2 Å². The molecule has 2 aromatic heterocycles. The van der Waals surface area contributed by atoms with E-state index in [1.165, 1.54) is 0 Å². The number of thiophene rings is 1. The molecule has 0 bridgehead atoms. The zero-order chi connectivity index (χ0) is 16.4. The molecule has 0 radical (unpaired) electrons. The molecule has 0 aliphatic carbocycles. The van der Waals surface area contributed by atoms with Crippen LogP contribution >= 0.6 is 27.3 Å². The lowest BCUT2D eigenvalue weighted by Gasteiger charge is -2.25. The largest absolute Gasteiger partial charge is 0.379 e. The number of nitrogens with zero attached hydrogens (tertiary/aromatic N) is 3. The molecule has 1 aliphatic rings. The summed E-state index contributed by atoms with van der Waals surface area (Å²) in [5, 5.41) is 5.50. The van der Waals surface area contributed by atoms with Gasteiger partial charge in [0.1, 0.15) is 5.82 Å². The molecule has 3 heterocycles. The van der Waals surface area contributed by atoms with Gasteiger partial charge in [0.15, 0.2) is 5.82 Å². The van der Waals surface area contributed by atoms with Crippen LogP contribution in [-0.2, 0) is 11.3 Å². The molecule has 5 nitrogen and oxygen atoms in total. The number of rotatable bonds is 4. The van der Waals surface area contributed by atoms with Gasteiger partial charge in [0.05, 0.1) is 30.0 Å². The van der Waals surface area contributed by atoms with E-state index in [4.69, 9.17) is 14.7 Å². The van der Waals surface area contributed by atoms with Gasteiger partial charge in [0.2, 0.25) is 0 Å². The third-order valence-electron chi connectivity index (χ3n) is 3.91. The maximum Gasteiger partial charge on any atom is 0.152 e. The number of nitrogens with one attached hydrogen (secondary N) is 1. The monoisotopic (exact) mass is 404 g/mol. The standard InChI is InChI=1S/C17H17BrN4OS/c18-12-2-1-3-13(10-12)19-17-16-14(4-9-24-16)20-15(21-17)11-22-5-7-23-8-6-22/h1-4,9-10H,5-8,11H2,(H,19,20,21). The molecule has 0 saturated carbocycles. The Morgan fingerprint density at radius 3 is 2.92 bits per heavy atom. The fourth-order valence-electron chi connectivity index (χ4n) is 2.73. The Hall–Kier alpha value is -1.54. The van der Waals surface area contributed by atoms with Crippen LogP contribution in [0.3, 0.4) is 0 Å².